The van der Waals surface area contributed by atoms with Crippen molar-refractivity contribution in [2.45, 2.75) is 51.8 Å². The lowest BCUT2D eigenvalue weighted by Crippen LogP contribution is -2.45. The second-order valence-electron chi connectivity index (χ2n) is 8.16. The van der Waals surface area contributed by atoms with Crippen LogP contribution in [0.4, 0.5) is 0 Å². The number of nitrogens with zero attached hydrogens (tertiary/aromatic N) is 1. The summed E-state index contributed by atoms with van der Waals surface area (Å²) in [7, 11) is 0. The lowest BCUT2D eigenvalue weighted by Gasteiger charge is -2.30. The van der Waals surface area contributed by atoms with Crippen LogP contribution in [0.15, 0.2) is 41.1 Å². The molecule has 2 aromatic rings. The minimum absolute atomic E-state index is 0.266. The Hall–Kier alpha value is -2.67. The Bertz CT molecular complexity index is 901. The molecule has 0 unspecified atom stereocenters. The number of nitrogens with one attached hydrogen (secondary N) is 1. The monoisotopic (exact) mass is 414 g/mol. The fraction of sp³-hybridized carbons (Fsp3) is 0.409. The molecule has 1 aromatic heterocycles. The molecule has 0 aliphatic carbocycles. The Morgan fingerprint density at radius 1 is 1.21 bits per heavy atom. The number of aryl methyl sites for hydroxylation is 1. The zero-order valence-electron chi connectivity index (χ0n) is 17.1. The molecule has 0 bridgehead atoms. The van der Waals surface area contributed by atoms with Crippen molar-refractivity contribution in [2.75, 3.05) is 6.54 Å². The molecule has 1 aliphatic heterocycles. The van der Waals surface area contributed by atoms with Gasteiger partial charge in [-0.05, 0) is 50.6 Å². The molecule has 0 saturated carbocycles. The number of likely N-dealkylation sites (tertiary alicyclic amines) is 1. The van der Waals surface area contributed by atoms with Gasteiger partial charge in [0, 0.05) is 11.9 Å². The molecule has 1 fully saturated rings. The van der Waals surface area contributed by atoms with Crippen molar-refractivity contribution in [1.29, 1.82) is 0 Å². The Labute approximate surface area is 174 Å². The maximum atomic E-state index is 13.1. The highest BCUT2D eigenvalue weighted by Gasteiger charge is 2.42. The summed E-state index contributed by atoms with van der Waals surface area (Å²) in [6, 6.07) is 7.62. The van der Waals surface area contributed by atoms with E-state index in [1.807, 2.05) is 42.6 Å². The van der Waals surface area contributed by atoms with E-state index in [0.717, 1.165) is 5.56 Å². The maximum Gasteiger partial charge on any atom is 0.334 e. The van der Waals surface area contributed by atoms with Crippen molar-refractivity contribution < 1.29 is 19.1 Å². The van der Waals surface area contributed by atoms with Gasteiger partial charge in [-0.25, -0.2) is 4.79 Å². The summed E-state index contributed by atoms with van der Waals surface area (Å²) in [5.74, 6) is -1.01. The van der Waals surface area contributed by atoms with Gasteiger partial charge < -0.3 is 15.0 Å². The first kappa shape index (κ1) is 21.0. The van der Waals surface area contributed by atoms with Crippen molar-refractivity contribution in [3.8, 4) is 0 Å². The van der Waals surface area contributed by atoms with E-state index in [1.165, 1.54) is 16.2 Å². The van der Waals surface area contributed by atoms with Gasteiger partial charge in [0.05, 0.1) is 5.56 Å². The maximum absolute atomic E-state index is 13.1. The van der Waals surface area contributed by atoms with Gasteiger partial charge in [0.25, 0.3) is 5.91 Å². The van der Waals surface area contributed by atoms with Crippen LogP contribution in [0.5, 0.6) is 0 Å². The van der Waals surface area contributed by atoms with Crippen molar-refractivity contribution in [1.82, 2.24) is 10.2 Å². The van der Waals surface area contributed by atoms with Crippen LogP contribution in [-0.2, 0) is 14.3 Å². The molecule has 1 N–H and O–H groups in total. The van der Waals surface area contributed by atoms with Gasteiger partial charge in [-0.3, -0.25) is 9.59 Å². The Balaban J connectivity index is 1.80. The van der Waals surface area contributed by atoms with E-state index in [2.05, 4.69) is 5.32 Å². The number of amides is 2. The van der Waals surface area contributed by atoms with Gasteiger partial charge in [0.2, 0.25) is 5.91 Å². The standard InChI is InChI=1S/C22H26N2O4S/c1-14-12-29-13-16(14)19(25)23-17-10-11-24(20(17)26)18(15-8-6-5-7-9-15)21(27)28-22(2,3)4/h5-9,12-13,17-18H,10-11H2,1-4H3,(H,23,25)/t17-,18-/m1/s1. The number of hydrogen-bond donors (Lipinski definition) is 1. The quantitative estimate of drug-likeness (QED) is 0.760. The third-order valence-electron chi connectivity index (χ3n) is 4.70. The third kappa shape index (κ3) is 4.85. The van der Waals surface area contributed by atoms with Crippen LogP contribution in [0, 0.1) is 6.92 Å². The van der Waals surface area contributed by atoms with E-state index in [0.29, 0.717) is 24.1 Å². The molecular formula is C22H26N2O4S. The van der Waals surface area contributed by atoms with Crippen molar-refractivity contribution >= 4 is 29.1 Å². The zero-order chi connectivity index (χ0) is 21.2. The van der Waals surface area contributed by atoms with Gasteiger partial charge in [0.15, 0.2) is 6.04 Å². The number of ether oxygens (including phenoxy) is 1. The summed E-state index contributed by atoms with van der Waals surface area (Å²) in [5.41, 5.74) is 1.48. The summed E-state index contributed by atoms with van der Waals surface area (Å²) >= 11 is 1.45. The van der Waals surface area contributed by atoms with Gasteiger partial charge in [0.1, 0.15) is 11.6 Å². The summed E-state index contributed by atoms with van der Waals surface area (Å²) in [6.07, 6.45) is 0.444. The molecule has 3 rings (SSSR count). The number of hydrogen-bond acceptors (Lipinski definition) is 5. The number of rotatable bonds is 5. The molecule has 2 atom stereocenters. The van der Waals surface area contributed by atoms with Crippen LogP contribution in [-0.4, -0.2) is 40.9 Å². The first-order chi connectivity index (χ1) is 13.7. The predicted molar refractivity (Wildman–Crippen MR) is 112 cm³/mol. The van der Waals surface area contributed by atoms with E-state index in [4.69, 9.17) is 4.74 Å². The summed E-state index contributed by atoms with van der Waals surface area (Å²) in [6.45, 7) is 7.62. The first-order valence-corrected chi connectivity index (χ1v) is 10.5. The SMILES string of the molecule is Cc1cscc1C(=O)N[C@@H]1CCN([C@@H](C(=O)OC(C)(C)C)c2ccccc2)C1=O. The Kier molecular flexibility index (Phi) is 6.07. The molecule has 0 spiro atoms. The zero-order valence-corrected chi connectivity index (χ0v) is 17.9. The van der Waals surface area contributed by atoms with E-state index in [-0.39, 0.29) is 11.8 Å². The van der Waals surface area contributed by atoms with E-state index < -0.39 is 23.7 Å². The normalized spacial score (nSPS) is 17.9. The van der Waals surface area contributed by atoms with Gasteiger partial charge in [-0.1, -0.05) is 30.3 Å². The van der Waals surface area contributed by atoms with Crippen LogP contribution in [0.1, 0.15) is 54.7 Å². The number of thiophene rings is 1. The average Bonchev–Trinajstić information content (AvgIpc) is 3.22. The minimum Gasteiger partial charge on any atom is -0.458 e. The lowest BCUT2D eigenvalue weighted by atomic mass is 10.0. The second kappa shape index (κ2) is 8.37. The highest BCUT2D eigenvalue weighted by molar-refractivity contribution is 7.08. The molecule has 6 nitrogen and oxygen atoms in total. The second-order valence-corrected chi connectivity index (χ2v) is 8.91. The minimum atomic E-state index is -0.840. The topological polar surface area (TPSA) is 75.7 Å². The van der Waals surface area contributed by atoms with Crippen molar-refractivity contribution in [3.63, 3.8) is 0 Å². The Morgan fingerprint density at radius 3 is 2.48 bits per heavy atom. The molecule has 0 radical (unpaired) electrons. The van der Waals surface area contributed by atoms with E-state index in [1.54, 1.807) is 26.2 Å². The highest BCUT2D eigenvalue weighted by atomic mass is 32.1. The smallest absolute Gasteiger partial charge is 0.334 e. The molecule has 7 heteroatoms. The van der Waals surface area contributed by atoms with E-state index >= 15 is 0 Å². The fourth-order valence-corrected chi connectivity index (χ4v) is 4.19. The molecular weight excluding hydrogens is 388 g/mol. The van der Waals surface area contributed by atoms with E-state index in [9.17, 15) is 14.4 Å². The molecule has 1 aliphatic rings. The number of esters is 1. The van der Waals surface area contributed by atoms with Crippen molar-refractivity contribution in [3.05, 3.63) is 57.8 Å². The first-order valence-electron chi connectivity index (χ1n) is 9.59. The van der Waals surface area contributed by atoms with Crippen molar-refractivity contribution in [2.24, 2.45) is 0 Å². The highest BCUT2D eigenvalue weighted by Crippen LogP contribution is 2.29. The van der Waals surface area contributed by atoms with Crippen LogP contribution < -0.4 is 5.32 Å². The molecule has 2 heterocycles. The number of benzene rings is 1. The summed E-state index contributed by atoms with van der Waals surface area (Å²) < 4.78 is 5.59. The summed E-state index contributed by atoms with van der Waals surface area (Å²) in [4.78, 5) is 40.1. The predicted octanol–water partition coefficient (Wildman–Crippen LogP) is 3.47. The molecule has 29 heavy (non-hydrogen) atoms. The van der Waals surface area contributed by atoms with Crippen LogP contribution >= 0.6 is 11.3 Å². The molecule has 1 aromatic carbocycles. The Morgan fingerprint density at radius 2 is 1.90 bits per heavy atom. The number of carbonyl (C=O) groups excluding carboxylic acids is 3. The number of carbonyl (C=O) groups is 3. The largest absolute Gasteiger partial charge is 0.458 e. The fourth-order valence-electron chi connectivity index (χ4n) is 3.36. The van der Waals surface area contributed by atoms with Crippen LogP contribution in [0.25, 0.3) is 0 Å². The third-order valence-corrected chi connectivity index (χ3v) is 5.56. The van der Waals surface area contributed by atoms with Gasteiger partial charge in [-0.15, -0.1) is 0 Å². The van der Waals surface area contributed by atoms with Gasteiger partial charge >= 0.3 is 5.97 Å². The molecule has 1 saturated heterocycles. The van der Waals surface area contributed by atoms with Gasteiger partial charge in [-0.2, -0.15) is 11.3 Å². The van der Waals surface area contributed by atoms with Crippen LogP contribution in [0.2, 0.25) is 0 Å². The average molecular weight is 415 g/mol. The lowest BCUT2D eigenvalue weighted by molar-refractivity contribution is -0.164. The van der Waals surface area contributed by atoms with Crippen LogP contribution in [0.3, 0.4) is 0 Å². The summed E-state index contributed by atoms with van der Waals surface area (Å²) in [5, 5.41) is 6.49. The molecule has 154 valence electrons. The molecule has 2 amide bonds.